The van der Waals surface area contributed by atoms with Gasteiger partial charge < -0.3 is 10.1 Å². The second-order valence-electron chi connectivity index (χ2n) is 7.40. The Morgan fingerprint density at radius 2 is 1.81 bits per heavy atom. The fraction of sp³-hybridized carbons (Fsp3) is 0.381. The molecule has 0 aliphatic carbocycles. The summed E-state index contributed by atoms with van der Waals surface area (Å²) in [6.45, 7) is 5.24. The first-order valence-corrected chi connectivity index (χ1v) is 12.0. The van der Waals surface area contributed by atoms with Crippen LogP contribution < -0.4 is 5.32 Å². The fourth-order valence-electron chi connectivity index (χ4n) is 3.60. The number of hydrogen-bond donors (Lipinski definition) is 2. The average Bonchev–Trinajstić information content (AvgIpc) is 2.75. The summed E-state index contributed by atoms with van der Waals surface area (Å²) in [5, 5.41) is 16.5. The summed E-state index contributed by atoms with van der Waals surface area (Å²) in [6, 6.07) is 12.8. The third kappa shape index (κ3) is 6.57. The first-order valence-electron chi connectivity index (χ1n) is 10.2. The van der Waals surface area contributed by atoms with Crippen LogP contribution in [0.1, 0.15) is 6.42 Å². The fourth-order valence-corrected chi connectivity index (χ4v) is 3.60. The third-order valence-corrected chi connectivity index (χ3v) is 4.94. The molecule has 2 N–H and O–H groups in total. The van der Waals surface area contributed by atoms with Gasteiger partial charge in [-0.05, 0) is 25.1 Å². The minimum atomic E-state index is -3.67. The second kappa shape index (κ2) is 10.6. The zero-order valence-electron chi connectivity index (χ0n) is 17.7. The summed E-state index contributed by atoms with van der Waals surface area (Å²) in [5.41, 5.74) is 2.35. The Kier molecular flexibility index (Phi) is 7.91. The van der Waals surface area contributed by atoms with Crippen molar-refractivity contribution in [2.24, 2.45) is 0 Å². The van der Waals surface area contributed by atoms with E-state index in [-0.39, 0.29) is 10.6 Å². The van der Waals surface area contributed by atoms with Crippen LogP contribution in [0.15, 0.2) is 42.5 Å². The van der Waals surface area contributed by atoms with Gasteiger partial charge in [-0.1, -0.05) is 24.3 Å². The Bertz CT molecular complexity index is 1190. The number of morpholine rings is 1. The number of nitro groups is 1. The van der Waals surface area contributed by atoms with Gasteiger partial charge in [0, 0.05) is 31.1 Å². The summed E-state index contributed by atoms with van der Waals surface area (Å²) < 4.78 is 31.2. The van der Waals surface area contributed by atoms with Gasteiger partial charge in [-0.15, -0.1) is 0 Å². The zero-order valence-corrected chi connectivity index (χ0v) is 18.5. The lowest BCUT2D eigenvalue weighted by atomic mass is 10.1. The number of fused-ring (bicyclic) bond motifs is 2. The van der Waals surface area contributed by atoms with E-state index >= 15 is 0 Å². The molecule has 1 aliphatic rings. The number of ether oxygens (including phenoxy) is 1. The van der Waals surface area contributed by atoms with Crippen molar-refractivity contribution in [1.82, 2.24) is 9.88 Å². The number of hydrogen-bond acceptors (Lipinski definition) is 8. The predicted octanol–water partition coefficient (Wildman–Crippen LogP) is 2.93. The smallest absolute Gasteiger partial charge is 0.280 e. The first-order chi connectivity index (χ1) is 15.2. The minimum Gasteiger partial charge on any atom is -0.384 e. The summed E-state index contributed by atoms with van der Waals surface area (Å²) in [4.78, 5) is 18.2. The van der Waals surface area contributed by atoms with Crippen molar-refractivity contribution < 1.29 is 22.6 Å². The Hall–Kier alpha value is -2.86. The molecule has 1 aromatic heterocycles. The van der Waals surface area contributed by atoms with E-state index in [1.807, 2.05) is 30.3 Å². The molecule has 32 heavy (non-hydrogen) atoms. The summed E-state index contributed by atoms with van der Waals surface area (Å²) >= 11 is 0. The van der Waals surface area contributed by atoms with E-state index in [4.69, 9.17) is 9.29 Å². The molecule has 4 rings (SSSR count). The van der Waals surface area contributed by atoms with Crippen molar-refractivity contribution in [3.8, 4) is 0 Å². The van der Waals surface area contributed by atoms with Gasteiger partial charge in [0.25, 0.3) is 15.8 Å². The number of nitrogens with zero attached hydrogens (tertiary/aromatic N) is 3. The number of nitrogens with one attached hydrogen (secondary N) is 1. The maximum atomic E-state index is 11.6. The number of benzene rings is 2. The Labute approximate surface area is 186 Å². The summed E-state index contributed by atoms with van der Waals surface area (Å²) in [5.74, 6) is 0. The van der Waals surface area contributed by atoms with Crippen LogP contribution >= 0.6 is 0 Å². The van der Waals surface area contributed by atoms with Crippen LogP contribution in [-0.4, -0.2) is 73.4 Å². The third-order valence-electron chi connectivity index (χ3n) is 4.94. The van der Waals surface area contributed by atoms with E-state index in [0.29, 0.717) is 17.2 Å². The normalized spacial score (nSPS) is 14.7. The van der Waals surface area contributed by atoms with Crippen molar-refractivity contribution in [1.29, 1.82) is 0 Å². The molecule has 0 bridgehead atoms. The standard InChI is InChI=1S/C20H22N4O3.CH4O3S/c25-24(26)18-8-3-7-17-19(18)20(15-5-1-2-6-16(15)22-17)21-9-4-10-23-11-13-27-14-12-23;1-5(2,3)4/h1-3,5-8H,4,9-14H2,(H,21,22);1H3,(H,2,3,4). The molecule has 0 saturated carbocycles. The number of anilines is 1. The van der Waals surface area contributed by atoms with Crippen LogP contribution in [-0.2, 0) is 14.9 Å². The van der Waals surface area contributed by atoms with Crippen molar-refractivity contribution in [3.63, 3.8) is 0 Å². The molecule has 2 heterocycles. The van der Waals surface area contributed by atoms with E-state index in [9.17, 15) is 18.5 Å². The van der Waals surface area contributed by atoms with Gasteiger partial charge in [0.2, 0.25) is 0 Å². The van der Waals surface area contributed by atoms with Gasteiger partial charge in [0.15, 0.2) is 0 Å². The number of pyridine rings is 1. The molecule has 0 amide bonds. The highest BCUT2D eigenvalue weighted by molar-refractivity contribution is 7.85. The van der Waals surface area contributed by atoms with E-state index in [1.54, 1.807) is 6.07 Å². The van der Waals surface area contributed by atoms with Crippen LogP contribution in [0.4, 0.5) is 11.4 Å². The molecule has 1 saturated heterocycles. The molecule has 0 spiro atoms. The molecule has 3 aromatic rings. The molecular weight excluding hydrogens is 436 g/mol. The molecule has 2 aromatic carbocycles. The predicted molar refractivity (Wildman–Crippen MR) is 124 cm³/mol. The molecular formula is C21H26N4O6S. The van der Waals surface area contributed by atoms with Crippen molar-refractivity contribution >= 4 is 43.3 Å². The Balaban J connectivity index is 0.000000523. The molecule has 0 unspecified atom stereocenters. The monoisotopic (exact) mass is 462 g/mol. The lowest BCUT2D eigenvalue weighted by molar-refractivity contribution is -0.383. The maximum absolute atomic E-state index is 11.6. The number of rotatable bonds is 6. The van der Waals surface area contributed by atoms with Crippen LogP contribution in [0.5, 0.6) is 0 Å². The average molecular weight is 463 g/mol. The lowest BCUT2D eigenvalue weighted by Gasteiger charge is -2.26. The SMILES string of the molecule is CS(=O)(=O)O.O=[N+]([O-])c1cccc2nc3ccccc3c(NCCCN3CCOCC3)c12. The van der Waals surface area contributed by atoms with Gasteiger partial charge in [-0.25, -0.2) is 4.98 Å². The van der Waals surface area contributed by atoms with Crippen molar-refractivity contribution in [2.75, 3.05) is 51.0 Å². The first kappa shape index (κ1) is 23.8. The van der Waals surface area contributed by atoms with Crippen molar-refractivity contribution in [3.05, 3.63) is 52.6 Å². The lowest BCUT2D eigenvalue weighted by Crippen LogP contribution is -2.37. The number of aromatic nitrogens is 1. The molecule has 0 atom stereocenters. The van der Waals surface area contributed by atoms with E-state index in [2.05, 4.69) is 15.2 Å². The zero-order chi connectivity index (χ0) is 23.1. The van der Waals surface area contributed by atoms with Crippen LogP contribution in [0.3, 0.4) is 0 Å². The van der Waals surface area contributed by atoms with E-state index in [1.165, 1.54) is 6.07 Å². The van der Waals surface area contributed by atoms with Crippen LogP contribution in [0.2, 0.25) is 0 Å². The summed E-state index contributed by atoms with van der Waals surface area (Å²) in [7, 11) is -3.67. The number of non-ortho nitro benzene ring substituents is 1. The quantitative estimate of drug-likeness (QED) is 0.186. The maximum Gasteiger partial charge on any atom is 0.280 e. The van der Waals surface area contributed by atoms with Crippen LogP contribution in [0, 0.1) is 10.1 Å². The number of nitro benzene ring substituents is 1. The van der Waals surface area contributed by atoms with Gasteiger partial charge in [0.1, 0.15) is 5.39 Å². The van der Waals surface area contributed by atoms with E-state index < -0.39 is 10.1 Å². The highest BCUT2D eigenvalue weighted by Gasteiger charge is 2.19. The van der Waals surface area contributed by atoms with Gasteiger partial charge in [-0.3, -0.25) is 19.6 Å². The Morgan fingerprint density at radius 1 is 1.16 bits per heavy atom. The molecule has 172 valence electrons. The highest BCUT2D eigenvalue weighted by Crippen LogP contribution is 2.36. The second-order valence-corrected chi connectivity index (χ2v) is 8.87. The summed E-state index contributed by atoms with van der Waals surface area (Å²) in [6.07, 6.45) is 1.67. The minimum absolute atomic E-state index is 0.0847. The Morgan fingerprint density at radius 3 is 2.50 bits per heavy atom. The van der Waals surface area contributed by atoms with Crippen molar-refractivity contribution in [2.45, 2.75) is 6.42 Å². The van der Waals surface area contributed by atoms with Gasteiger partial charge >= 0.3 is 0 Å². The number of para-hydroxylation sites is 1. The molecule has 10 nitrogen and oxygen atoms in total. The topological polar surface area (TPSA) is 135 Å². The van der Waals surface area contributed by atoms with Gasteiger partial charge in [-0.2, -0.15) is 8.42 Å². The van der Waals surface area contributed by atoms with E-state index in [0.717, 1.165) is 62.4 Å². The molecule has 11 heteroatoms. The van der Waals surface area contributed by atoms with Crippen LogP contribution in [0.25, 0.3) is 21.8 Å². The highest BCUT2D eigenvalue weighted by atomic mass is 32.2. The molecule has 1 fully saturated rings. The molecule has 0 radical (unpaired) electrons. The largest absolute Gasteiger partial charge is 0.384 e. The molecule has 1 aliphatic heterocycles. The van der Waals surface area contributed by atoms with Gasteiger partial charge in [0.05, 0.1) is 41.1 Å².